The number of hydrogen-bond donors (Lipinski definition) is 2. The number of aromatic hydroxyl groups is 1. The van der Waals surface area contributed by atoms with Crippen LogP contribution in [0, 0.1) is 0 Å². The highest BCUT2D eigenvalue weighted by atomic mass is 19.4. The molecule has 0 aliphatic heterocycles. The first-order chi connectivity index (χ1) is 9.10. The zero-order valence-corrected chi connectivity index (χ0v) is 9.47. The van der Waals surface area contributed by atoms with Crippen molar-refractivity contribution in [3.8, 4) is 16.9 Å². The first kappa shape index (κ1) is 14.2. The van der Waals surface area contributed by atoms with Crippen LogP contribution in [-0.2, 0) is 12.4 Å². The molecule has 1 aromatic heterocycles. The molecule has 0 saturated heterocycles. The van der Waals surface area contributed by atoms with Gasteiger partial charge in [-0.3, -0.25) is 5.10 Å². The first-order valence-corrected chi connectivity index (χ1v) is 5.11. The fourth-order valence-electron chi connectivity index (χ4n) is 1.63. The molecule has 0 unspecified atom stereocenters. The predicted molar refractivity (Wildman–Crippen MR) is 55.7 cm³/mol. The lowest BCUT2D eigenvalue weighted by Gasteiger charge is -2.16. The second-order valence-corrected chi connectivity index (χ2v) is 3.90. The number of alkyl halides is 6. The van der Waals surface area contributed by atoms with E-state index in [9.17, 15) is 31.4 Å². The Labute approximate surface area is 107 Å². The highest BCUT2D eigenvalue weighted by Gasteiger charge is 2.40. The topological polar surface area (TPSA) is 48.9 Å². The van der Waals surface area contributed by atoms with Gasteiger partial charge < -0.3 is 5.11 Å². The maximum absolute atomic E-state index is 12.7. The summed E-state index contributed by atoms with van der Waals surface area (Å²) in [5.41, 5.74) is -3.93. The number of phenolic OH excluding ortho intramolecular Hbond substituents is 1. The maximum atomic E-state index is 12.7. The number of aromatic nitrogens is 2. The Hall–Kier alpha value is -2.19. The monoisotopic (exact) mass is 296 g/mol. The molecule has 9 heteroatoms. The fraction of sp³-hybridized carbons (Fsp3) is 0.182. The van der Waals surface area contributed by atoms with Gasteiger partial charge in [0.25, 0.3) is 0 Å². The van der Waals surface area contributed by atoms with Crippen molar-refractivity contribution < 1.29 is 31.4 Å². The third kappa shape index (κ3) is 2.56. The van der Waals surface area contributed by atoms with Gasteiger partial charge in [0, 0.05) is 17.3 Å². The van der Waals surface area contributed by atoms with E-state index in [4.69, 9.17) is 0 Å². The van der Waals surface area contributed by atoms with Gasteiger partial charge in [0.2, 0.25) is 0 Å². The van der Waals surface area contributed by atoms with Crippen molar-refractivity contribution in [2.24, 2.45) is 0 Å². The molecular formula is C11H6F6N2O. The summed E-state index contributed by atoms with van der Waals surface area (Å²) in [7, 11) is 0. The largest absolute Gasteiger partial charge is 0.507 e. The van der Waals surface area contributed by atoms with Crippen LogP contribution in [0.15, 0.2) is 24.5 Å². The molecule has 0 radical (unpaired) electrons. The number of H-pyrrole nitrogens is 1. The Morgan fingerprint density at radius 1 is 1.00 bits per heavy atom. The molecule has 3 nitrogen and oxygen atoms in total. The van der Waals surface area contributed by atoms with Crippen molar-refractivity contribution in [2.45, 2.75) is 12.4 Å². The van der Waals surface area contributed by atoms with Crippen molar-refractivity contribution in [2.75, 3.05) is 0 Å². The number of halogens is 6. The Bertz CT molecular complexity index is 615. The van der Waals surface area contributed by atoms with Crippen molar-refractivity contribution >= 4 is 0 Å². The molecule has 1 heterocycles. The number of benzene rings is 1. The van der Waals surface area contributed by atoms with Crippen molar-refractivity contribution in [1.82, 2.24) is 10.2 Å². The number of rotatable bonds is 1. The third-order valence-corrected chi connectivity index (χ3v) is 2.55. The predicted octanol–water partition coefficient (Wildman–Crippen LogP) is 3.82. The van der Waals surface area contributed by atoms with E-state index in [-0.39, 0.29) is 11.6 Å². The normalized spacial score (nSPS) is 12.7. The van der Waals surface area contributed by atoms with Crippen molar-refractivity contribution in [1.29, 1.82) is 0 Å². The van der Waals surface area contributed by atoms with E-state index in [1.165, 1.54) is 0 Å². The standard InChI is InChI=1S/C11H6F6N2O/c12-10(13,14)6-1-7(5-3-18-19-4-5)9(20)8(2-6)11(15,16)17/h1-4,20H,(H,18,19). The average Bonchev–Trinajstić information content (AvgIpc) is 2.79. The smallest absolute Gasteiger partial charge is 0.419 e. The quantitative estimate of drug-likeness (QED) is 0.786. The minimum absolute atomic E-state index is 0.0842. The van der Waals surface area contributed by atoms with Crippen LogP contribution in [0.5, 0.6) is 5.75 Å². The van der Waals surface area contributed by atoms with Crippen LogP contribution in [0.2, 0.25) is 0 Å². The van der Waals surface area contributed by atoms with Gasteiger partial charge in [-0.15, -0.1) is 0 Å². The third-order valence-electron chi connectivity index (χ3n) is 2.55. The van der Waals surface area contributed by atoms with Gasteiger partial charge in [-0.25, -0.2) is 0 Å². The summed E-state index contributed by atoms with van der Waals surface area (Å²) in [5, 5.41) is 15.2. The van der Waals surface area contributed by atoms with Gasteiger partial charge in [-0.2, -0.15) is 31.4 Å². The minimum Gasteiger partial charge on any atom is -0.507 e. The summed E-state index contributed by atoms with van der Waals surface area (Å²) in [6.45, 7) is 0. The summed E-state index contributed by atoms with van der Waals surface area (Å²) < 4.78 is 76.0. The lowest BCUT2D eigenvalue weighted by molar-refractivity contribution is -0.143. The van der Waals surface area contributed by atoms with Crippen LogP contribution in [-0.4, -0.2) is 15.3 Å². The zero-order valence-electron chi connectivity index (χ0n) is 9.47. The molecule has 2 rings (SSSR count). The number of aromatic amines is 1. The first-order valence-electron chi connectivity index (χ1n) is 5.11. The van der Waals surface area contributed by atoms with Crippen LogP contribution in [0.4, 0.5) is 26.3 Å². The van der Waals surface area contributed by atoms with Crippen LogP contribution >= 0.6 is 0 Å². The molecule has 2 N–H and O–H groups in total. The maximum Gasteiger partial charge on any atom is 0.419 e. The van der Waals surface area contributed by atoms with Gasteiger partial charge in [-0.05, 0) is 12.1 Å². The summed E-state index contributed by atoms with van der Waals surface area (Å²) >= 11 is 0. The van der Waals surface area contributed by atoms with E-state index >= 15 is 0 Å². The molecule has 0 spiro atoms. The lowest BCUT2D eigenvalue weighted by atomic mass is 9.99. The average molecular weight is 296 g/mol. The molecule has 0 aliphatic carbocycles. The van der Waals surface area contributed by atoms with Crippen LogP contribution in [0.3, 0.4) is 0 Å². The summed E-state index contributed by atoms with van der Waals surface area (Å²) in [6, 6.07) is 0.314. The van der Waals surface area contributed by atoms with Gasteiger partial charge >= 0.3 is 12.4 Å². The highest BCUT2D eigenvalue weighted by Crippen LogP contribution is 2.44. The molecule has 108 valence electrons. The molecule has 1 aromatic carbocycles. The molecule has 0 fully saturated rings. The SMILES string of the molecule is Oc1c(-c2cn[nH]c2)cc(C(F)(F)F)cc1C(F)(F)F. The summed E-state index contributed by atoms with van der Waals surface area (Å²) in [6.07, 6.45) is -7.99. The van der Waals surface area contributed by atoms with Crippen LogP contribution in [0.1, 0.15) is 11.1 Å². The van der Waals surface area contributed by atoms with Gasteiger partial charge in [0.05, 0.1) is 17.3 Å². The van der Waals surface area contributed by atoms with E-state index in [1.807, 2.05) is 0 Å². The lowest BCUT2D eigenvalue weighted by Crippen LogP contribution is -2.11. The second kappa shape index (κ2) is 4.43. The van der Waals surface area contributed by atoms with Gasteiger partial charge in [0.1, 0.15) is 5.75 Å². The molecule has 2 aromatic rings. The second-order valence-electron chi connectivity index (χ2n) is 3.90. The molecule has 0 amide bonds. The van der Waals surface area contributed by atoms with Gasteiger partial charge in [0.15, 0.2) is 0 Å². The Kier molecular flexibility index (Phi) is 3.15. The van der Waals surface area contributed by atoms with Gasteiger partial charge in [-0.1, -0.05) is 0 Å². The van der Waals surface area contributed by atoms with E-state index in [0.29, 0.717) is 6.07 Å². The van der Waals surface area contributed by atoms with Crippen molar-refractivity contribution in [3.63, 3.8) is 0 Å². The number of phenols is 1. The molecule has 0 saturated carbocycles. The number of nitrogens with zero attached hydrogens (tertiary/aromatic N) is 1. The summed E-state index contributed by atoms with van der Waals surface area (Å²) in [4.78, 5) is 0. The van der Waals surface area contributed by atoms with Crippen LogP contribution < -0.4 is 0 Å². The molecule has 0 bridgehead atoms. The molecule has 0 atom stereocenters. The van der Waals surface area contributed by atoms with E-state index < -0.39 is 34.8 Å². The minimum atomic E-state index is -5.11. The molecule has 20 heavy (non-hydrogen) atoms. The number of hydrogen-bond acceptors (Lipinski definition) is 2. The van der Waals surface area contributed by atoms with E-state index in [2.05, 4.69) is 10.2 Å². The Balaban J connectivity index is 2.75. The van der Waals surface area contributed by atoms with E-state index in [1.54, 1.807) is 0 Å². The zero-order chi connectivity index (χ0) is 15.1. The van der Waals surface area contributed by atoms with Crippen molar-refractivity contribution in [3.05, 3.63) is 35.7 Å². The summed E-state index contributed by atoms with van der Waals surface area (Å²) in [5.74, 6) is -1.27. The Morgan fingerprint density at radius 2 is 1.65 bits per heavy atom. The fourth-order valence-corrected chi connectivity index (χ4v) is 1.63. The molecular weight excluding hydrogens is 290 g/mol. The Morgan fingerprint density at radius 3 is 2.10 bits per heavy atom. The van der Waals surface area contributed by atoms with E-state index in [0.717, 1.165) is 12.4 Å². The number of nitrogens with one attached hydrogen (secondary N) is 1. The molecule has 0 aliphatic rings. The highest BCUT2D eigenvalue weighted by molar-refractivity contribution is 5.72. The van der Waals surface area contributed by atoms with Crippen LogP contribution in [0.25, 0.3) is 11.1 Å².